The maximum atomic E-state index is 6.29. The van der Waals surface area contributed by atoms with E-state index in [9.17, 15) is 0 Å². The summed E-state index contributed by atoms with van der Waals surface area (Å²) in [6, 6.07) is 6.36. The van der Waals surface area contributed by atoms with E-state index in [-0.39, 0.29) is 0 Å². The van der Waals surface area contributed by atoms with Crippen LogP contribution in [0.2, 0.25) is 10.0 Å². The summed E-state index contributed by atoms with van der Waals surface area (Å²) in [4.78, 5) is 2.47. The van der Waals surface area contributed by atoms with E-state index in [1.165, 1.54) is 19.3 Å². The molecule has 1 fully saturated rings. The van der Waals surface area contributed by atoms with Gasteiger partial charge in [-0.1, -0.05) is 42.6 Å². The Hall–Kier alpha value is -0.280. The molecule has 1 atom stereocenters. The second-order valence-electron chi connectivity index (χ2n) is 5.58. The highest BCUT2D eigenvalue weighted by Gasteiger charge is 2.18. The number of benzene rings is 1. The molecule has 0 amide bonds. The fourth-order valence-corrected chi connectivity index (χ4v) is 3.37. The zero-order chi connectivity index (χ0) is 14.4. The molecule has 1 N–H and O–H groups in total. The summed E-state index contributed by atoms with van der Waals surface area (Å²) >= 11 is 12.6. The van der Waals surface area contributed by atoms with Gasteiger partial charge in [-0.05, 0) is 44.5 Å². The first-order valence-corrected chi connectivity index (χ1v) is 8.35. The average Bonchev–Trinajstić information content (AvgIpc) is 2.44. The Morgan fingerprint density at radius 3 is 2.60 bits per heavy atom. The number of hydrogen-bond acceptors (Lipinski definition) is 2. The van der Waals surface area contributed by atoms with Crippen molar-refractivity contribution in [3.05, 3.63) is 33.8 Å². The topological polar surface area (TPSA) is 15.3 Å². The molecule has 0 radical (unpaired) electrons. The van der Waals surface area contributed by atoms with Crippen LogP contribution in [0.4, 0.5) is 0 Å². The van der Waals surface area contributed by atoms with Gasteiger partial charge in [0.25, 0.3) is 0 Å². The van der Waals surface area contributed by atoms with E-state index < -0.39 is 0 Å². The van der Waals surface area contributed by atoms with Gasteiger partial charge < -0.3 is 5.32 Å². The summed E-state index contributed by atoms with van der Waals surface area (Å²) in [5.41, 5.74) is 1.06. The molecule has 1 aromatic carbocycles. The normalized spacial score (nSPS) is 19.5. The lowest BCUT2D eigenvalue weighted by Gasteiger charge is -2.30. The molecular formula is C16H24Cl2N2. The lowest BCUT2D eigenvalue weighted by atomic mass is 10.0. The molecule has 1 aromatic rings. The van der Waals surface area contributed by atoms with Gasteiger partial charge in [0.1, 0.15) is 0 Å². The molecule has 1 aliphatic heterocycles. The van der Waals surface area contributed by atoms with Gasteiger partial charge in [-0.2, -0.15) is 0 Å². The van der Waals surface area contributed by atoms with Crippen LogP contribution in [0.5, 0.6) is 0 Å². The van der Waals surface area contributed by atoms with Crippen molar-refractivity contribution >= 4 is 23.2 Å². The number of nitrogens with one attached hydrogen (secondary N) is 1. The fourth-order valence-electron chi connectivity index (χ4n) is 2.85. The smallest absolute Gasteiger partial charge is 0.0465 e. The molecule has 1 heterocycles. The van der Waals surface area contributed by atoms with Gasteiger partial charge in [-0.25, -0.2) is 0 Å². The first-order chi connectivity index (χ1) is 9.70. The van der Waals surface area contributed by atoms with Crippen LogP contribution >= 0.6 is 23.2 Å². The molecule has 112 valence electrons. The van der Waals surface area contributed by atoms with Crippen molar-refractivity contribution in [2.45, 2.75) is 45.2 Å². The minimum Gasteiger partial charge on any atom is -0.313 e. The molecule has 0 aromatic heterocycles. The Kier molecular flexibility index (Phi) is 6.63. The first-order valence-electron chi connectivity index (χ1n) is 7.59. The Morgan fingerprint density at radius 2 is 2.00 bits per heavy atom. The molecule has 0 bridgehead atoms. The SMILES string of the molecule is CCCN(Cc1c(Cl)cccc1Cl)CC1CCCCN1. The van der Waals surface area contributed by atoms with Gasteiger partial charge in [0, 0.05) is 34.7 Å². The molecule has 0 saturated carbocycles. The molecule has 0 spiro atoms. The van der Waals surface area contributed by atoms with Crippen molar-refractivity contribution in [1.82, 2.24) is 10.2 Å². The Labute approximate surface area is 132 Å². The summed E-state index contributed by atoms with van der Waals surface area (Å²) in [6.45, 7) is 6.37. The number of rotatable bonds is 6. The van der Waals surface area contributed by atoms with Gasteiger partial charge in [0.05, 0.1) is 0 Å². The Balaban J connectivity index is 2.00. The van der Waals surface area contributed by atoms with Crippen LogP contribution in [-0.2, 0) is 6.54 Å². The molecular weight excluding hydrogens is 291 g/mol. The van der Waals surface area contributed by atoms with Crippen LogP contribution in [0.3, 0.4) is 0 Å². The van der Waals surface area contributed by atoms with Crippen molar-refractivity contribution < 1.29 is 0 Å². The van der Waals surface area contributed by atoms with E-state index in [1.807, 2.05) is 18.2 Å². The van der Waals surface area contributed by atoms with Gasteiger partial charge >= 0.3 is 0 Å². The zero-order valence-electron chi connectivity index (χ0n) is 12.2. The molecule has 1 saturated heterocycles. The monoisotopic (exact) mass is 314 g/mol. The summed E-state index contributed by atoms with van der Waals surface area (Å²) < 4.78 is 0. The van der Waals surface area contributed by atoms with Gasteiger partial charge in [0.2, 0.25) is 0 Å². The van der Waals surface area contributed by atoms with Crippen molar-refractivity contribution in [2.75, 3.05) is 19.6 Å². The van der Waals surface area contributed by atoms with E-state index >= 15 is 0 Å². The number of nitrogens with zero attached hydrogens (tertiary/aromatic N) is 1. The maximum absolute atomic E-state index is 6.29. The van der Waals surface area contributed by atoms with Gasteiger partial charge in [0.15, 0.2) is 0 Å². The predicted octanol–water partition coefficient (Wildman–Crippen LogP) is 4.35. The molecule has 20 heavy (non-hydrogen) atoms. The third kappa shape index (κ3) is 4.63. The number of piperidine rings is 1. The molecule has 2 rings (SSSR count). The highest BCUT2D eigenvalue weighted by Crippen LogP contribution is 2.26. The highest BCUT2D eigenvalue weighted by atomic mass is 35.5. The maximum Gasteiger partial charge on any atom is 0.0465 e. The Morgan fingerprint density at radius 1 is 1.25 bits per heavy atom. The van der Waals surface area contributed by atoms with Crippen LogP contribution < -0.4 is 5.32 Å². The van der Waals surface area contributed by atoms with E-state index in [1.54, 1.807) is 0 Å². The third-order valence-electron chi connectivity index (χ3n) is 3.87. The molecule has 0 aliphatic carbocycles. The molecule has 2 nitrogen and oxygen atoms in total. The molecule has 1 aliphatic rings. The van der Waals surface area contributed by atoms with Crippen molar-refractivity contribution in [1.29, 1.82) is 0 Å². The van der Waals surface area contributed by atoms with E-state index in [0.717, 1.165) is 48.2 Å². The second kappa shape index (κ2) is 8.23. The quantitative estimate of drug-likeness (QED) is 0.840. The predicted molar refractivity (Wildman–Crippen MR) is 87.7 cm³/mol. The van der Waals surface area contributed by atoms with Crippen molar-refractivity contribution in [2.24, 2.45) is 0 Å². The van der Waals surface area contributed by atoms with Crippen LogP contribution in [-0.4, -0.2) is 30.6 Å². The minimum absolute atomic E-state index is 0.608. The third-order valence-corrected chi connectivity index (χ3v) is 4.58. The van der Waals surface area contributed by atoms with Gasteiger partial charge in [-0.3, -0.25) is 4.90 Å². The van der Waals surface area contributed by atoms with Crippen molar-refractivity contribution in [3.8, 4) is 0 Å². The highest BCUT2D eigenvalue weighted by molar-refractivity contribution is 6.35. The van der Waals surface area contributed by atoms with E-state index in [0.29, 0.717) is 6.04 Å². The zero-order valence-corrected chi connectivity index (χ0v) is 13.7. The van der Waals surface area contributed by atoms with E-state index in [2.05, 4.69) is 17.1 Å². The summed E-state index contributed by atoms with van der Waals surface area (Å²) in [6.07, 6.45) is 5.07. The Bertz CT molecular complexity index is 397. The van der Waals surface area contributed by atoms with Crippen LogP contribution in [0.25, 0.3) is 0 Å². The fraction of sp³-hybridized carbons (Fsp3) is 0.625. The lowest BCUT2D eigenvalue weighted by molar-refractivity contribution is 0.217. The van der Waals surface area contributed by atoms with E-state index in [4.69, 9.17) is 23.2 Å². The first kappa shape index (κ1) is 16.1. The largest absolute Gasteiger partial charge is 0.313 e. The minimum atomic E-state index is 0.608. The van der Waals surface area contributed by atoms with Crippen molar-refractivity contribution in [3.63, 3.8) is 0 Å². The lowest BCUT2D eigenvalue weighted by Crippen LogP contribution is -2.43. The van der Waals surface area contributed by atoms with Crippen LogP contribution in [0.1, 0.15) is 38.2 Å². The second-order valence-corrected chi connectivity index (χ2v) is 6.40. The number of halogens is 2. The number of hydrogen-bond donors (Lipinski definition) is 1. The molecule has 4 heteroatoms. The standard InChI is InChI=1S/C16H24Cl2N2/c1-2-10-20(11-13-6-3-4-9-19-13)12-14-15(17)7-5-8-16(14)18/h5,7-8,13,19H,2-4,6,9-12H2,1H3. The van der Waals surface area contributed by atoms with Crippen LogP contribution in [0, 0.1) is 0 Å². The average molecular weight is 315 g/mol. The van der Waals surface area contributed by atoms with Crippen LogP contribution in [0.15, 0.2) is 18.2 Å². The summed E-state index contributed by atoms with van der Waals surface area (Å²) in [5, 5.41) is 5.16. The summed E-state index contributed by atoms with van der Waals surface area (Å²) in [7, 11) is 0. The molecule has 1 unspecified atom stereocenters. The summed E-state index contributed by atoms with van der Waals surface area (Å²) in [5.74, 6) is 0. The van der Waals surface area contributed by atoms with Gasteiger partial charge in [-0.15, -0.1) is 0 Å².